The second-order valence-electron chi connectivity index (χ2n) is 13.2. The summed E-state index contributed by atoms with van der Waals surface area (Å²) in [7, 11) is 0. The molecule has 2 fully saturated rings. The van der Waals surface area contributed by atoms with Gasteiger partial charge in [-0.15, -0.1) is 0 Å². The van der Waals surface area contributed by atoms with Crippen LogP contribution in [-0.4, -0.2) is 5.54 Å². The van der Waals surface area contributed by atoms with E-state index in [-0.39, 0.29) is 11.0 Å². The Balaban J connectivity index is 1.61. The summed E-state index contributed by atoms with van der Waals surface area (Å²) < 4.78 is 0. The first-order valence-electron chi connectivity index (χ1n) is 14.4. The third-order valence-electron chi connectivity index (χ3n) is 9.41. The van der Waals surface area contributed by atoms with Gasteiger partial charge in [0.1, 0.15) is 0 Å². The van der Waals surface area contributed by atoms with Gasteiger partial charge in [-0.2, -0.15) is 0 Å². The molecular weight excluding hydrogens is 434 g/mol. The fourth-order valence-electron chi connectivity index (χ4n) is 7.64. The van der Waals surface area contributed by atoms with E-state index in [2.05, 4.69) is 100 Å². The minimum Gasteiger partial charge on any atom is -0.336 e. The number of hydrogen-bond acceptors (Lipinski definition) is 1. The zero-order valence-electron chi connectivity index (χ0n) is 23.0. The van der Waals surface area contributed by atoms with Gasteiger partial charge < -0.3 is 4.90 Å². The maximum Gasteiger partial charge on any atom is 0.0457 e. The Bertz CT molecular complexity index is 1260. The highest BCUT2D eigenvalue weighted by molar-refractivity contribution is 5.86. The molecule has 0 bridgehead atoms. The lowest BCUT2D eigenvalue weighted by Gasteiger charge is -2.42. The van der Waals surface area contributed by atoms with E-state index in [1.165, 1.54) is 85.0 Å². The maximum atomic E-state index is 2.72. The van der Waals surface area contributed by atoms with Crippen LogP contribution in [0.25, 0.3) is 11.1 Å². The summed E-state index contributed by atoms with van der Waals surface area (Å²) >= 11 is 0. The van der Waals surface area contributed by atoms with Crippen LogP contribution in [0.5, 0.6) is 0 Å². The molecule has 1 heteroatoms. The van der Waals surface area contributed by atoms with Gasteiger partial charge in [0.2, 0.25) is 0 Å². The molecule has 0 atom stereocenters. The van der Waals surface area contributed by atoms with Crippen molar-refractivity contribution in [3.63, 3.8) is 0 Å². The zero-order valence-corrected chi connectivity index (χ0v) is 23.0. The first kappa shape index (κ1) is 23.8. The highest BCUT2D eigenvalue weighted by atomic mass is 15.2. The summed E-state index contributed by atoms with van der Waals surface area (Å²) in [5, 5.41) is 0. The van der Waals surface area contributed by atoms with Crippen LogP contribution < -0.4 is 4.90 Å². The van der Waals surface area contributed by atoms with E-state index in [4.69, 9.17) is 0 Å². The molecule has 36 heavy (non-hydrogen) atoms. The zero-order chi connectivity index (χ0) is 25.1. The van der Waals surface area contributed by atoms with E-state index in [0.717, 1.165) is 0 Å². The van der Waals surface area contributed by atoms with Crippen LogP contribution in [0.15, 0.2) is 60.7 Å². The highest BCUT2D eigenvalue weighted by Gasteiger charge is 2.39. The van der Waals surface area contributed by atoms with E-state index in [1.807, 2.05) is 0 Å². The van der Waals surface area contributed by atoms with Crippen LogP contribution in [0.1, 0.15) is 120 Å². The van der Waals surface area contributed by atoms with Crippen molar-refractivity contribution in [3.05, 3.63) is 82.9 Å². The third-order valence-corrected chi connectivity index (χ3v) is 9.41. The lowest BCUT2D eigenvalue weighted by atomic mass is 9.80. The molecule has 0 aliphatic heterocycles. The highest BCUT2D eigenvalue weighted by Crippen LogP contribution is 2.54. The molecule has 0 saturated heterocycles. The topological polar surface area (TPSA) is 3.24 Å². The number of fused-ring (bicyclic) bond motifs is 3. The number of rotatable bonds is 4. The summed E-state index contributed by atoms with van der Waals surface area (Å²) in [6, 6.07) is 23.7. The monoisotopic (exact) mass is 477 g/mol. The SMILES string of the molecule is CC1(C)c2ccccc2-c2cc(N(c3ccccc3C3CCCC3)C(C)(C)C)c(C3CCCC3)cc21. The normalized spacial score (nSPS) is 19.5. The summed E-state index contributed by atoms with van der Waals surface area (Å²) in [5.41, 5.74) is 11.9. The fourth-order valence-corrected chi connectivity index (χ4v) is 7.64. The van der Waals surface area contributed by atoms with E-state index < -0.39 is 0 Å². The Morgan fingerprint density at radius 1 is 0.639 bits per heavy atom. The number of benzene rings is 3. The molecule has 3 aromatic rings. The lowest BCUT2D eigenvalue weighted by Crippen LogP contribution is -2.39. The van der Waals surface area contributed by atoms with Crippen molar-refractivity contribution in [1.29, 1.82) is 0 Å². The van der Waals surface area contributed by atoms with Crippen molar-refractivity contribution in [1.82, 2.24) is 0 Å². The Morgan fingerprint density at radius 3 is 1.89 bits per heavy atom. The second kappa shape index (κ2) is 8.79. The number of anilines is 2. The lowest BCUT2D eigenvalue weighted by molar-refractivity contribution is 0.551. The Labute approximate surface area is 218 Å². The van der Waals surface area contributed by atoms with Gasteiger partial charge in [-0.1, -0.05) is 88.1 Å². The van der Waals surface area contributed by atoms with Gasteiger partial charge in [0.05, 0.1) is 0 Å². The molecule has 0 aromatic heterocycles. The summed E-state index contributed by atoms with van der Waals surface area (Å²) in [6.07, 6.45) is 10.8. The Kier molecular flexibility index (Phi) is 5.82. The van der Waals surface area contributed by atoms with Crippen LogP contribution in [-0.2, 0) is 5.41 Å². The summed E-state index contributed by atoms with van der Waals surface area (Å²) in [6.45, 7) is 12.1. The van der Waals surface area contributed by atoms with Gasteiger partial charge in [-0.3, -0.25) is 0 Å². The molecule has 0 N–H and O–H groups in total. The second-order valence-corrected chi connectivity index (χ2v) is 13.2. The first-order valence-corrected chi connectivity index (χ1v) is 14.4. The molecular formula is C35H43N. The minimum atomic E-state index is -0.0239. The molecule has 3 aliphatic carbocycles. The first-order chi connectivity index (χ1) is 17.3. The Hall–Kier alpha value is -2.54. The van der Waals surface area contributed by atoms with Crippen molar-refractivity contribution >= 4 is 11.4 Å². The van der Waals surface area contributed by atoms with Crippen molar-refractivity contribution in [2.45, 2.75) is 109 Å². The van der Waals surface area contributed by atoms with Crippen LogP contribution in [0.3, 0.4) is 0 Å². The molecule has 3 aromatic carbocycles. The number of hydrogen-bond donors (Lipinski definition) is 0. The standard InChI is InChI=1S/C35H43N/c1-34(2,3)36(32-21-13-11-18-26(32)24-14-6-7-15-24)33-23-29-27-19-10-12-20-30(27)35(4,5)31(29)22-28(33)25-16-8-9-17-25/h10-13,18-25H,6-9,14-17H2,1-5H3. The molecule has 0 radical (unpaired) electrons. The molecule has 0 amide bonds. The van der Waals surface area contributed by atoms with Crippen LogP contribution in [0.2, 0.25) is 0 Å². The number of nitrogens with zero attached hydrogens (tertiary/aromatic N) is 1. The average Bonchev–Trinajstić information content (AvgIpc) is 3.61. The van der Waals surface area contributed by atoms with Gasteiger partial charge in [-0.05, 0) is 104 Å². The molecule has 2 saturated carbocycles. The summed E-state index contributed by atoms with van der Waals surface area (Å²) in [5.74, 6) is 1.35. The van der Waals surface area contributed by atoms with E-state index in [9.17, 15) is 0 Å². The molecule has 6 rings (SSSR count). The summed E-state index contributed by atoms with van der Waals surface area (Å²) in [4.78, 5) is 2.72. The third kappa shape index (κ3) is 3.82. The van der Waals surface area contributed by atoms with E-state index in [1.54, 1.807) is 11.1 Å². The van der Waals surface area contributed by atoms with Gasteiger partial charge >= 0.3 is 0 Å². The van der Waals surface area contributed by atoms with Gasteiger partial charge in [0.15, 0.2) is 0 Å². The number of para-hydroxylation sites is 1. The smallest absolute Gasteiger partial charge is 0.0457 e. The van der Waals surface area contributed by atoms with Crippen molar-refractivity contribution in [2.75, 3.05) is 4.90 Å². The van der Waals surface area contributed by atoms with Gasteiger partial charge in [-0.25, -0.2) is 0 Å². The molecule has 0 spiro atoms. The molecule has 1 nitrogen and oxygen atoms in total. The van der Waals surface area contributed by atoms with Gasteiger partial charge in [0.25, 0.3) is 0 Å². The average molecular weight is 478 g/mol. The van der Waals surface area contributed by atoms with E-state index >= 15 is 0 Å². The molecule has 3 aliphatic rings. The van der Waals surface area contributed by atoms with E-state index in [0.29, 0.717) is 11.8 Å². The van der Waals surface area contributed by atoms with Crippen molar-refractivity contribution in [3.8, 4) is 11.1 Å². The fraction of sp³-hybridized carbons (Fsp3) is 0.486. The van der Waals surface area contributed by atoms with Gasteiger partial charge in [0, 0.05) is 22.3 Å². The van der Waals surface area contributed by atoms with Crippen LogP contribution in [0.4, 0.5) is 11.4 Å². The quantitative estimate of drug-likeness (QED) is 0.361. The van der Waals surface area contributed by atoms with Crippen LogP contribution >= 0.6 is 0 Å². The largest absolute Gasteiger partial charge is 0.336 e. The minimum absolute atomic E-state index is 0.0239. The predicted octanol–water partition coefficient (Wildman–Crippen LogP) is 10.2. The molecule has 0 heterocycles. The van der Waals surface area contributed by atoms with Crippen LogP contribution in [0, 0.1) is 0 Å². The predicted molar refractivity (Wildman–Crippen MR) is 155 cm³/mol. The molecule has 0 unspecified atom stereocenters. The maximum absolute atomic E-state index is 2.72. The van der Waals surface area contributed by atoms with Crippen molar-refractivity contribution < 1.29 is 0 Å². The van der Waals surface area contributed by atoms with Crippen molar-refractivity contribution in [2.24, 2.45) is 0 Å². The molecule has 188 valence electrons. The Morgan fingerprint density at radius 2 is 1.22 bits per heavy atom.